The molecule has 4 rings (SSSR count). The average Bonchev–Trinajstić information content (AvgIpc) is 3.62. The second-order valence-corrected chi connectivity index (χ2v) is 11.3. The molecule has 7 nitrogen and oxygen atoms in total. The average molecular weight is 563 g/mol. The quantitative estimate of drug-likeness (QED) is 0.186. The highest BCUT2D eigenvalue weighted by Crippen LogP contribution is 2.32. The summed E-state index contributed by atoms with van der Waals surface area (Å²) in [7, 11) is 0. The highest BCUT2D eigenvalue weighted by molar-refractivity contribution is 6.27. The van der Waals surface area contributed by atoms with Crippen LogP contribution in [-0.4, -0.2) is 29.8 Å². The van der Waals surface area contributed by atoms with Crippen LogP contribution in [0, 0.1) is 0 Å². The first-order chi connectivity index (χ1) is 20.1. The lowest BCUT2D eigenvalue weighted by molar-refractivity contribution is -0.529. The third-order valence-corrected chi connectivity index (χ3v) is 8.16. The minimum atomic E-state index is -0.403. The van der Waals surface area contributed by atoms with Crippen LogP contribution in [0.2, 0.25) is 0 Å². The van der Waals surface area contributed by atoms with E-state index < -0.39 is 10.9 Å². The molecule has 0 saturated heterocycles. The summed E-state index contributed by atoms with van der Waals surface area (Å²) in [6, 6.07) is 7.32. The molecule has 0 spiro atoms. The van der Waals surface area contributed by atoms with Gasteiger partial charge < -0.3 is 14.8 Å². The molecule has 2 heterocycles. The van der Waals surface area contributed by atoms with Gasteiger partial charge in [-0.1, -0.05) is 109 Å². The number of para-hydroxylation sites is 2. The second kappa shape index (κ2) is 16.3. The summed E-state index contributed by atoms with van der Waals surface area (Å²) in [4.78, 5) is 30.0. The van der Waals surface area contributed by atoms with Gasteiger partial charge in [-0.15, -0.1) is 0 Å². The van der Waals surface area contributed by atoms with Gasteiger partial charge in [0, 0.05) is 6.42 Å². The smallest absolute Gasteiger partial charge is 0.388 e. The summed E-state index contributed by atoms with van der Waals surface area (Å²) in [6.07, 6.45) is 23.2. The van der Waals surface area contributed by atoms with E-state index >= 15 is 0 Å². The molecule has 0 aliphatic carbocycles. The zero-order chi connectivity index (χ0) is 28.9. The number of nitrogens with one attached hydrogen (secondary N) is 1. The van der Waals surface area contributed by atoms with E-state index in [1.165, 1.54) is 96.3 Å². The Morgan fingerprint density at radius 1 is 0.707 bits per heavy atom. The SMILES string of the molecule is CCCCCCCCCCCCCCCCCC[N+](CC)=C1C=NC(=c2c(=O)c(=C3Nc4ccccc4O3)c2=O)O1. The van der Waals surface area contributed by atoms with Crippen molar-refractivity contribution in [2.24, 2.45) is 4.99 Å². The summed E-state index contributed by atoms with van der Waals surface area (Å²) in [5, 5.41) is 3.00. The molecule has 0 radical (unpaired) electrons. The van der Waals surface area contributed by atoms with Gasteiger partial charge in [-0.2, -0.15) is 4.58 Å². The number of aliphatic imine (C=N–C) groups is 1. The Kier molecular flexibility index (Phi) is 12.2. The third kappa shape index (κ3) is 8.40. The van der Waals surface area contributed by atoms with E-state index in [0.29, 0.717) is 11.6 Å². The second-order valence-electron chi connectivity index (χ2n) is 11.3. The van der Waals surface area contributed by atoms with E-state index in [0.717, 1.165) is 25.2 Å². The van der Waals surface area contributed by atoms with Gasteiger partial charge >= 0.3 is 5.90 Å². The summed E-state index contributed by atoms with van der Waals surface area (Å²) in [6.45, 7) is 5.99. The van der Waals surface area contributed by atoms with Gasteiger partial charge in [-0.05, 0) is 25.5 Å². The Morgan fingerprint density at radius 3 is 1.83 bits per heavy atom. The zero-order valence-electron chi connectivity index (χ0n) is 25.1. The maximum absolute atomic E-state index is 12.8. The number of fused-ring (bicyclic) bond motifs is 1. The number of benzene rings is 1. The Balaban J connectivity index is 1.14. The van der Waals surface area contributed by atoms with E-state index in [4.69, 9.17) is 9.47 Å². The lowest BCUT2D eigenvalue weighted by atomic mass is 10.0. The molecule has 2 aliphatic rings. The minimum absolute atomic E-state index is 0.0106. The van der Waals surface area contributed by atoms with E-state index in [1.807, 2.05) is 18.2 Å². The van der Waals surface area contributed by atoms with Gasteiger partial charge in [0.2, 0.25) is 22.6 Å². The number of hydrogen-bond acceptors (Lipinski definition) is 6. The van der Waals surface area contributed by atoms with Crippen molar-refractivity contribution in [2.45, 2.75) is 117 Å². The highest BCUT2D eigenvalue weighted by atomic mass is 16.5. The van der Waals surface area contributed by atoms with Crippen LogP contribution in [0.5, 0.6) is 5.75 Å². The zero-order valence-corrected chi connectivity index (χ0v) is 25.1. The Hall–Kier alpha value is -3.22. The predicted molar refractivity (Wildman–Crippen MR) is 168 cm³/mol. The van der Waals surface area contributed by atoms with Crippen molar-refractivity contribution in [2.75, 3.05) is 18.4 Å². The number of rotatable bonds is 18. The van der Waals surface area contributed by atoms with Gasteiger partial charge in [0.1, 0.15) is 29.7 Å². The molecule has 0 aromatic heterocycles. The van der Waals surface area contributed by atoms with Gasteiger partial charge in [0.05, 0.1) is 5.69 Å². The monoisotopic (exact) mass is 562 g/mol. The van der Waals surface area contributed by atoms with Crippen molar-refractivity contribution in [1.82, 2.24) is 0 Å². The lowest BCUT2D eigenvalue weighted by Gasteiger charge is -2.05. The van der Waals surface area contributed by atoms with Gasteiger partial charge in [0.15, 0.2) is 5.75 Å². The molecule has 0 amide bonds. The first-order valence-electron chi connectivity index (χ1n) is 16.1. The van der Waals surface area contributed by atoms with Crippen LogP contribution in [0.4, 0.5) is 5.69 Å². The molecule has 2 aromatic carbocycles. The number of hydrogen-bond donors (Lipinski definition) is 1. The maximum Gasteiger partial charge on any atom is 0.388 e. The molecule has 0 fully saturated rings. The Bertz CT molecular complexity index is 1340. The number of unbranched alkanes of at least 4 members (excludes halogenated alkanes) is 15. The molecular weight excluding hydrogens is 514 g/mol. The summed E-state index contributed by atoms with van der Waals surface area (Å²) in [5.41, 5.74) is -0.0748. The fourth-order valence-corrected chi connectivity index (χ4v) is 5.63. The molecule has 0 saturated carbocycles. The van der Waals surface area contributed by atoms with E-state index in [-0.39, 0.29) is 22.2 Å². The van der Waals surface area contributed by atoms with Crippen molar-refractivity contribution < 1.29 is 14.0 Å². The molecule has 7 heteroatoms. The van der Waals surface area contributed by atoms with Crippen LogP contribution < -0.4 is 31.3 Å². The van der Waals surface area contributed by atoms with Crippen LogP contribution in [-0.2, 0) is 4.74 Å². The largest absolute Gasteiger partial charge is 0.438 e. The van der Waals surface area contributed by atoms with E-state index in [1.54, 1.807) is 12.3 Å². The Morgan fingerprint density at radius 2 is 1.27 bits per heavy atom. The molecule has 41 heavy (non-hydrogen) atoms. The fraction of sp³-hybridized carbons (Fsp3) is 0.588. The molecule has 1 N–H and O–H groups in total. The molecule has 2 aliphatic heterocycles. The van der Waals surface area contributed by atoms with Crippen molar-refractivity contribution in [3.63, 3.8) is 0 Å². The summed E-state index contributed by atoms with van der Waals surface area (Å²) < 4.78 is 13.7. The van der Waals surface area contributed by atoms with E-state index in [9.17, 15) is 9.59 Å². The molecule has 0 unspecified atom stereocenters. The molecular formula is C34H48N3O4+. The number of ether oxygens (including phenoxy) is 2. The summed E-state index contributed by atoms with van der Waals surface area (Å²) in [5.74, 6) is 1.45. The topological polar surface area (TPSA) is 80.0 Å². The summed E-state index contributed by atoms with van der Waals surface area (Å²) >= 11 is 0. The standard InChI is InChI=1S/C34H47N3O4/c1-3-5-6-7-8-9-10-11-12-13-14-15-16-17-18-21-24-37(4-2)28-25-35-33(41-28)29-31(38)30(32(29)39)34-36-26-22-19-20-23-27(26)40-34/h19-20,22-23,25H,3-18,21,24H2,1-2H3/p+1. The number of nitrogens with zero attached hydrogens (tertiary/aromatic N) is 2. The van der Waals surface area contributed by atoms with Crippen LogP contribution >= 0.6 is 0 Å². The van der Waals surface area contributed by atoms with Crippen molar-refractivity contribution in [1.29, 1.82) is 0 Å². The van der Waals surface area contributed by atoms with Crippen LogP contribution in [0.15, 0.2) is 38.8 Å². The molecule has 0 atom stereocenters. The first-order valence-corrected chi connectivity index (χ1v) is 16.1. The van der Waals surface area contributed by atoms with Crippen molar-refractivity contribution >= 4 is 29.6 Å². The Labute approximate surface area is 244 Å². The molecule has 0 bridgehead atoms. The lowest BCUT2D eigenvalue weighted by Crippen LogP contribution is -2.66. The minimum Gasteiger partial charge on any atom is -0.438 e. The molecule has 2 aromatic rings. The fourth-order valence-electron chi connectivity index (χ4n) is 5.63. The predicted octanol–water partition coefficient (Wildman–Crippen LogP) is 5.71. The van der Waals surface area contributed by atoms with Crippen LogP contribution in [0.1, 0.15) is 117 Å². The van der Waals surface area contributed by atoms with Crippen LogP contribution in [0.3, 0.4) is 0 Å². The van der Waals surface area contributed by atoms with Gasteiger partial charge in [0.25, 0.3) is 0 Å². The van der Waals surface area contributed by atoms with Crippen LogP contribution in [0.25, 0.3) is 11.8 Å². The number of anilines is 1. The van der Waals surface area contributed by atoms with Crippen molar-refractivity contribution in [3.05, 3.63) is 55.1 Å². The third-order valence-electron chi connectivity index (χ3n) is 8.16. The maximum atomic E-state index is 12.8. The molecule has 222 valence electrons. The normalized spacial score (nSPS) is 15.3. The van der Waals surface area contributed by atoms with E-state index in [2.05, 4.69) is 28.7 Å². The first kappa shape index (κ1) is 30.7. The highest BCUT2D eigenvalue weighted by Gasteiger charge is 2.28. The van der Waals surface area contributed by atoms with Crippen molar-refractivity contribution in [3.8, 4) is 5.75 Å². The van der Waals surface area contributed by atoms with Gasteiger partial charge in [-0.25, -0.2) is 4.99 Å². The van der Waals surface area contributed by atoms with Gasteiger partial charge in [-0.3, -0.25) is 9.59 Å².